The highest BCUT2D eigenvalue weighted by Crippen LogP contribution is 2.35. The first-order valence-corrected chi connectivity index (χ1v) is 5.61. The highest BCUT2D eigenvalue weighted by molar-refractivity contribution is 6.13. The Labute approximate surface area is 102 Å². The molecule has 0 aliphatic heterocycles. The topological polar surface area (TPSA) is 36.2 Å². The number of hydrogen-bond acceptors (Lipinski definition) is 2. The third-order valence-corrected chi connectivity index (χ3v) is 2.80. The minimum Gasteiger partial charge on any atom is -0.300 e. The van der Waals surface area contributed by atoms with Crippen LogP contribution in [0.2, 0.25) is 0 Å². The summed E-state index contributed by atoms with van der Waals surface area (Å²) in [4.78, 5) is 4.01. The summed E-state index contributed by atoms with van der Waals surface area (Å²) < 4.78 is 0. The number of rotatable bonds is 3. The Morgan fingerprint density at radius 3 is 2.41 bits per heavy atom. The van der Waals surface area contributed by atoms with E-state index < -0.39 is 0 Å². The summed E-state index contributed by atoms with van der Waals surface area (Å²) in [5.74, 6) is 0. The van der Waals surface area contributed by atoms with Crippen molar-refractivity contribution in [2.75, 3.05) is 0 Å². The van der Waals surface area contributed by atoms with Crippen LogP contribution in [-0.2, 0) is 0 Å². The van der Waals surface area contributed by atoms with Crippen molar-refractivity contribution < 1.29 is 0 Å². The molecule has 0 bridgehead atoms. The molecule has 0 aromatic heterocycles. The molecule has 0 amide bonds. The predicted molar refractivity (Wildman–Crippen MR) is 72.8 cm³/mol. The zero-order chi connectivity index (χ0) is 12.5. The van der Waals surface area contributed by atoms with Crippen LogP contribution in [0.4, 0.5) is 0 Å². The summed E-state index contributed by atoms with van der Waals surface area (Å²) in [6, 6.07) is 9.71. The van der Waals surface area contributed by atoms with Gasteiger partial charge in [0.05, 0.1) is 11.4 Å². The molecule has 86 valence electrons. The van der Waals surface area contributed by atoms with E-state index in [0.29, 0.717) is 5.71 Å². The van der Waals surface area contributed by atoms with Crippen molar-refractivity contribution in [3.8, 4) is 0 Å². The van der Waals surface area contributed by atoms with Crippen LogP contribution in [0.5, 0.6) is 0 Å². The average Bonchev–Trinajstić information content (AvgIpc) is 2.65. The van der Waals surface area contributed by atoms with Gasteiger partial charge in [-0.2, -0.15) is 0 Å². The predicted octanol–water partition coefficient (Wildman–Crippen LogP) is 3.61. The van der Waals surface area contributed by atoms with Gasteiger partial charge in [0, 0.05) is 16.6 Å². The summed E-state index contributed by atoms with van der Waals surface area (Å²) in [7, 11) is 0. The van der Waals surface area contributed by atoms with Crippen molar-refractivity contribution in [1.82, 2.24) is 0 Å². The molecule has 0 saturated carbocycles. The van der Waals surface area contributed by atoms with Gasteiger partial charge in [0.15, 0.2) is 0 Å². The third kappa shape index (κ3) is 2.26. The fraction of sp³-hybridized carbons (Fsp3) is 0.200. The molecule has 0 heterocycles. The molecule has 1 N–H and O–H groups in total. The molecule has 0 saturated heterocycles. The molecule has 2 heteroatoms. The summed E-state index contributed by atoms with van der Waals surface area (Å²) in [5, 5.41) is 8.24. The Morgan fingerprint density at radius 2 is 1.82 bits per heavy atom. The maximum atomic E-state index is 8.24. The zero-order valence-electron chi connectivity index (χ0n) is 10.2. The molecule has 1 aliphatic carbocycles. The average molecular weight is 224 g/mol. The Balaban J connectivity index is 2.40. The highest BCUT2D eigenvalue weighted by atomic mass is 14.7. The molecule has 1 aromatic rings. The summed E-state index contributed by atoms with van der Waals surface area (Å²) >= 11 is 0. The molecule has 17 heavy (non-hydrogen) atoms. The molecular formula is C15H16N2. The first-order valence-electron chi connectivity index (χ1n) is 5.61. The molecule has 0 atom stereocenters. The lowest BCUT2D eigenvalue weighted by Crippen LogP contribution is -2.04. The standard InChI is InChI=1S/C15H16N2/c1-15(2)9-12(13(10-15)17-3)14(16)11-7-5-4-6-8-11/h4-10,16H,3H2,1-2H3. The second kappa shape index (κ2) is 4.13. The fourth-order valence-corrected chi connectivity index (χ4v) is 2.01. The zero-order valence-corrected chi connectivity index (χ0v) is 10.2. The van der Waals surface area contributed by atoms with E-state index in [4.69, 9.17) is 5.41 Å². The third-order valence-electron chi connectivity index (χ3n) is 2.80. The van der Waals surface area contributed by atoms with Gasteiger partial charge in [-0.1, -0.05) is 50.3 Å². The van der Waals surface area contributed by atoms with E-state index in [-0.39, 0.29) is 5.41 Å². The van der Waals surface area contributed by atoms with Gasteiger partial charge in [-0.3, -0.25) is 10.4 Å². The summed E-state index contributed by atoms with van der Waals surface area (Å²) in [6.07, 6.45) is 4.12. The Hall–Kier alpha value is -1.96. The van der Waals surface area contributed by atoms with Gasteiger partial charge in [0.2, 0.25) is 0 Å². The molecular weight excluding hydrogens is 208 g/mol. The lowest BCUT2D eigenvalue weighted by molar-refractivity contribution is 0.634. The normalized spacial score (nSPS) is 17.3. The Morgan fingerprint density at radius 1 is 1.18 bits per heavy atom. The van der Waals surface area contributed by atoms with Crippen LogP contribution in [0.15, 0.2) is 58.7 Å². The molecule has 0 fully saturated rings. The number of benzene rings is 1. The summed E-state index contributed by atoms with van der Waals surface area (Å²) in [6.45, 7) is 7.78. The SMILES string of the molecule is C=NC1=CC(C)(C)C=C1C(=N)c1ccccc1. The molecule has 0 spiro atoms. The second-order valence-electron chi connectivity index (χ2n) is 4.81. The number of allylic oxidation sites excluding steroid dienone is 3. The van der Waals surface area contributed by atoms with Gasteiger partial charge in [-0.15, -0.1) is 0 Å². The number of hydrogen-bond donors (Lipinski definition) is 1. The number of aliphatic imine (C=N–C) groups is 1. The van der Waals surface area contributed by atoms with Gasteiger partial charge in [-0.05, 0) is 12.8 Å². The first-order chi connectivity index (χ1) is 8.03. The van der Waals surface area contributed by atoms with E-state index in [0.717, 1.165) is 16.8 Å². The van der Waals surface area contributed by atoms with Gasteiger partial charge in [-0.25, -0.2) is 0 Å². The maximum Gasteiger partial charge on any atom is 0.0703 e. The van der Waals surface area contributed by atoms with Crippen molar-refractivity contribution in [3.63, 3.8) is 0 Å². The van der Waals surface area contributed by atoms with E-state index in [1.807, 2.05) is 36.4 Å². The van der Waals surface area contributed by atoms with E-state index in [1.165, 1.54) is 0 Å². The highest BCUT2D eigenvalue weighted by Gasteiger charge is 2.25. The Kier molecular flexibility index (Phi) is 2.80. The maximum absolute atomic E-state index is 8.24. The summed E-state index contributed by atoms with van der Waals surface area (Å²) in [5.41, 5.74) is 3.05. The molecule has 1 aromatic carbocycles. The van der Waals surface area contributed by atoms with Gasteiger partial charge in [0.1, 0.15) is 0 Å². The fourth-order valence-electron chi connectivity index (χ4n) is 2.01. The molecule has 2 rings (SSSR count). The van der Waals surface area contributed by atoms with Crippen LogP contribution in [0.1, 0.15) is 19.4 Å². The van der Waals surface area contributed by atoms with Gasteiger partial charge >= 0.3 is 0 Å². The van der Waals surface area contributed by atoms with Gasteiger partial charge in [0.25, 0.3) is 0 Å². The van der Waals surface area contributed by atoms with E-state index >= 15 is 0 Å². The van der Waals surface area contributed by atoms with E-state index in [9.17, 15) is 0 Å². The van der Waals surface area contributed by atoms with E-state index in [1.54, 1.807) is 0 Å². The molecule has 0 radical (unpaired) electrons. The minimum absolute atomic E-state index is 0.0487. The number of nitrogens with one attached hydrogen (secondary N) is 1. The van der Waals surface area contributed by atoms with Crippen LogP contribution in [0.3, 0.4) is 0 Å². The van der Waals surface area contributed by atoms with Crippen molar-refractivity contribution >= 4 is 12.4 Å². The van der Waals surface area contributed by atoms with Crippen LogP contribution in [-0.4, -0.2) is 12.4 Å². The molecule has 2 nitrogen and oxygen atoms in total. The molecule has 1 aliphatic rings. The van der Waals surface area contributed by atoms with Crippen LogP contribution < -0.4 is 0 Å². The smallest absolute Gasteiger partial charge is 0.0703 e. The lowest BCUT2D eigenvalue weighted by Gasteiger charge is -2.09. The van der Waals surface area contributed by atoms with Crippen molar-refractivity contribution in [2.45, 2.75) is 13.8 Å². The first kappa shape index (κ1) is 11.5. The van der Waals surface area contributed by atoms with Crippen molar-refractivity contribution in [3.05, 3.63) is 59.3 Å². The van der Waals surface area contributed by atoms with Crippen molar-refractivity contribution in [1.29, 1.82) is 5.41 Å². The lowest BCUT2D eigenvalue weighted by atomic mass is 9.95. The number of nitrogens with zero attached hydrogens (tertiary/aromatic N) is 1. The van der Waals surface area contributed by atoms with E-state index in [2.05, 4.69) is 31.6 Å². The largest absolute Gasteiger partial charge is 0.300 e. The minimum atomic E-state index is -0.0487. The molecule has 0 unspecified atom stereocenters. The van der Waals surface area contributed by atoms with Crippen LogP contribution in [0, 0.1) is 10.8 Å². The van der Waals surface area contributed by atoms with Gasteiger partial charge < -0.3 is 0 Å². The van der Waals surface area contributed by atoms with Crippen molar-refractivity contribution in [2.24, 2.45) is 10.4 Å². The second-order valence-corrected chi connectivity index (χ2v) is 4.81. The Bertz CT molecular complexity index is 519. The quantitative estimate of drug-likeness (QED) is 0.761. The van der Waals surface area contributed by atoms with Crippen LogP contribution >= 0.6 is 0 Å². The van der Waals surface area contributed by atoms with Crippen LogP contribution in [0.25, 0.3) is 0 Å². The monoisotopic (exact) mass is 224 g/mol.